The van der Waals surface area contributed by atoms with Crippen LogP contribution >= 0.6 is 0 Å². The first-order valence-electron chi connectivity index (χ1n) is 8.55. The van der Waals surface area contributed by atoms with E-state index in [9.17, 15) is 9.59 Å². The molecule has 1 N–H and O–H groups in total. The van der Waals surface area contributed by atoms with E-state index >= 15 is 0 Å². The minimum absolute atomic E-state index is 0.375. The van der Waals surface area contributed by atoms with Crippen molar-refractivity contribution in [2.45, 2.75) is 65.7 Å². The molecule has 0 aromatic carbocycles. The van der Waals surface area contributed by atoms with Crippen molar-refractivity contribution < 1.29 is 19.1 Å². The normalized spacial score (nSPS) is 13.3. The smallest absolute Gasteiger partial charge is 0.419 e. The van der Waals surface area contributed by atoms with E-state index in [-0.39, 0.29) is 6.04 Å². The Morgan fingerprint density at radius 2 is 1.73 bits per heavy atom. The summed E-state index contributed by atoms with van der Waals surface area (Å²) < 4.78 is 12.2. The van der Waals surface area contributed by atoms with Gasteiger partial charge >= 0.3 is 12.2 Å². The van der Waals surface area contributed by atoms with E-state index in [0.717, 1.165) is 10.9 Å². The van der Waals surface area contributed by atoms with Gasteiger partial charge in [-0.2, -0.15) is 0 Å². The lowest BCUT2D eigenvalue weighted by molar-refractivity contribution is 0.0507. The minimum Gasteiger partial charge on any atom is -0.444 e. The van der Waals surface area contributed by atoms with Gasteiger partial charge in [-0.25, -0.2) is 9.59 Å². The van der Waals surface area contributed by atoms with E-state index in [1.54, 1.807) is 45.4 Å². The summed E-state index contributed by atoms with van der Waals surface area (Å²) in [6.45, 7) is 12.7. The molecule has 0 aliphatic rings. The lowest BCUT2D eigenvalue weighted by Gasteiger charge is -2.22. The van der Waals surface area contributed by atoms with Crippen molar-refractivity contribution in [2.75, 3.05) is 0 Å². The molecule has 2 rings (SSSR count). The highest BCUT2D eigenvalue weighted by Crippen LogP contribution is 2.27. The molecule has 0 spiro atoms. The maximum atomic E-state index is 12.5. The molecule has 2 heterocycles. The van der Waals surface area contributed by atoms with Crippen LogP contribution in [0.15, 0.2) is 24.7 Å². The van der Waals surface area contributed by atoms with Gasteiger partial charge in [-0.3, -0.25) is 9.55 Å². The maximum Gasteiger partial charge on any atom is 0.419 e. The Kier molecular flexibility index (Phi) is 5.30. The first kappa shape index (κ1) is 19.8. The third-order valence-electron chi connectivity index (χ3n) is 3.43. The van der Waals surface area contributed by atoms with Crippen LogP contribution in [-0.2, 0) is 9.47 Å². The van der Waals surface area contributed by atoms with Crippen LogP contribution in [-0.4, -0.2) is 32.9 Å². The average Bonchev–Trinajstić information content (AvgIpc) is 2.83. The van der Waals surface area contributed by atoms with Crippen molar-refractivity contribution in [2.24, 2.45) is 0 Å². The molecular weight excluding hydrogens is 334 g/mol. The molecule has 0 saturated carbocycles. The van der Waals surface area contributed by atoms with Crippen LogP contribution in [0.1, 0.15) is 60.1 Å². The molecule has 2 aromatic rings. The van der Waals surface area contributed by atoms with E-state index < -0.39 is 23.4 Å². The molecule has 0 fully saturated rings. The first-order chi connectivity index (χ1) is 11.9. The van der Waals surface area contributed by atoms with Gasteiger partial charge < -0.3 is 14.8 Å². The topological polar surface area (TPSA) is 82.5 Å². The van der Waals surface area contributed by atoms with Crippen molar-refractivity contribution >= 4 is 23.1 Å². The standard InChI is InChI=1S/C19H27N3O4/c1-12(21-16(23)25-18(2,3)4)14-11-22(17(24)26-19(5,6)7)15-8-9-20-10-13(14)15/h8-12H,1-7H3,(H,21,23). The Bertz CT molecular complexity index is 812. The second-order valence-corrected chi connectivity index (χ2v) is 8.20. The lowest BCUT2D eigenvalue weighted by Crippen LogP contribution is -2.34. The summed E-state index contributed by atoms with van der Waals surface area (Å²) >= 11 is 0. The van der Waals surface area contributed by atoms with Crippen LogP contribution in [0.5, 0.6) is 0 Å². The second-order valence-electron chi connectivity index (χ2n) is 8.20. The number of alkyl carbamates (subject to hydrolysis) is 1. The summed E-state index contributed by atoms with van der Waals surface area (Å²) in [5.74, 6) is 0. The number of nitrogens with zero attached hydrogens (tertiary/aromatic N) is 2. The molecule has 142 valence electrons. The highest BCUT2D eigenvalue weighted by Gasteiger charge is 2.24. The zero-order chi connectivity index (χ0) is 19.7. The van der Waals surface area contributed by atoms with Crippen LogP contribution < -0.4 is 5.32 Å². The van der Waals surface area contributed by atoms with Gasteiger partial charge in [-0.1, -0.05) is 0 Å². The fourth-order valence-electron chi connectivity index (χ4n) is 2.47. The van der Waals surface area contributed by atoms with Crippen molar-refractivity contribution in [1.29, 1.82) is 0 Å². The number of pyridine rings is 1. The highest BCUT2D eigenvalue weighted by atomic mass is 16.6. The monoisotopic (exact) mass is 361 g/mol. The van der Waals surface area contributed by atoms with Crippen LogP contribution in [0.2, 0.25) is 0 Å². The average molecular weight is 361 g/mol. The third kappa shape index (κ3) is 4.97. The summed E-state index contributed by atoms with van der Waals surface area (Å²) in [5.41, 5.74) is 0.226. The van der Waals surface area contributed by atoms with Gasteiger partial charge in [-0.15, -0.1) is 0 Å². The second kappa shape index (κ2) is 6.97. The summed E-state index contributed by atoms with van der Waals surface area (Å²) in [4.78, 5) is 28.7. The van der Waals surface area contributed by atoms with Gasteiger partial charge in [-0.05, 0) is 54.5 Å². The van der Waals surface area contributed by atoms with Gasteiger partial charge in [0.15, 0.2) is 0 Å². The van der Waals surface area contributed by atoms with Gasteiger partial charge in [0.25, 0.3) is 0 Å². The molecule has 1 atom stereocenters. The SMILES string of the molecule is CC(NC(=O)OC(C)(C)C)c1cn(C(=O)OC(C)(C)C)c2ccncc12. The van der Waals surface area contributed by atoms with Gasteiger partial charge in [0, 0.05) is 29.5 Å². The molecule has 7 nitrogen and oxygen atoms in total. The molecule has 0 bridgehead atoms. The Morgan fingerprint density at radius 1 is 1.12 bits per heavy atom. The highest BCUT2D eigenvalue weighted by molar-refractivity contribution is 5.92. The molecule has 7 heteroatoms. The molecule has 0 radical (unpaired) electrons. The van der Waals surface area contributed by atoms with E-state index in [2.05, 4.69) is 10.3 Å². The van der Waals surface area contributed by atoms with Crippen LogP contribution in [0, 0.1) is 0 Å². The van der Waals surface area contributed by atoms with Gasteiger partial charge in [0.2, 0.25) is 0 Å². The summed E-state index contributed by atoms with van der Waals surface area (Å²) in [6, 6.07) is 1.36. The Hall–Kier alpha value is -2.57. The molecule has 1 unspecified atom stereocenters. The largest absolute Gasteiger partial charge is 0.444 e. The zero-order valence-corrected chi connectivity index (χ0v) is 16.4. The van der Waals surface area contributed by atoms with Crippen molar-refractivity contribution in [3.8, 4) is 0 Å². The predicted octanol–water partition coefficient (Wildman–Crippen LogP) is 4.41. The number of ether oxygens (including phenoxy) is 2. The lowest BCUT2D eigenvalue weighted by atomic mass is 10.1. The number of carbonyl (C=O) groups excluding carboxylic acids is 2. The maximum absolute atomic E-state index is 12.5. The number of hydrogen-bond donors (Lipinski definition) is 1. The van der Waals surface area contributed by atoms with Crippen molar-refractivity contribution in [3.05, 3.63) is 30.2 Å². The van der Waals surface area contributed by atoms with Crippen molar-refractivity contribution in [1.82, 2.24) is 14.9 Å². The number of rotatable bonds is 2. The number of fused-ring (bicyclic) bond motifs is 1. The minimum atomic E-state index is -0.610. The van der Waals surface area contributed by atoms with Crippen LogP contribution in [0.3, 0.4) is 0 Å². The number of amides is 1. The van der Waals surface area contributed by atoms with E-state index in [0.29, 0.717) is 5.52 Å². The Balaban J connectivity index is 2.33. The fraction of sp³-hybridized carbons (Fsp3) is 0.526. The fourth-order valence-corrected chi connectivity index (χ4v) is 2.47. The zero-order valence-electron chi connectivity index (χ0n) is 16.4. The third-order valence-corrected chi connectivity index (χ3v) is 3.43. The molecule has 0 aliphatic carbocycles. The van der Waals surface area contributed by atoms with E-state index in [4.69, 9.17) is 9.47 Å². The summed E-state index contributed by atoms with van der Waals surface area (Å²) in [7, 11) is 0. The predicted molar refractivity (Wildman–Crippen MR) is 99.1 cm³/mol. The summed E-state index contributed by atoms with van der Waals surface area (Å²) in [6.07, 6.45) is 3.94. The van der Waals surface area contributed by atoms with E-state index in [1.165, 1.54) is 4.57 Å². The Morgan fingerprint density at radius 3 is 2.31 bits per heavy atom. The number of carbonyl (C=O) groups is 2. The molecule has 26 heavy (non-hydrogen) atoms. The Labute approximate surface area is 153 Å². The van der Waals surface area contributed by atoms with Gasteiger partial charge in [0.1, 0.15) is 11.2 Å². The molecule has 0 aliphatic heterocycles. The summed E-state index contributed by atoms with van der Waals surface area (Å²) in [5, 5.41) is 3.56. The van der Waals surface area contributed by atoms with Crippen LogP contribution in [0.25, 0.3) is 10.9 Å². The number of aromatic nitrogens is 2. The number of nitrogens with one attached hydrogen (secondary N) is 1. The van der Waals surface area contributed by atoms with Crippen LogP contribution in [0.4, 0.5) is 9.59 Å². The molecule has 0 saturated heterocycles. The molecule has 2 aromatic heterocycles. The van der Waals surface area contributed by atoms with Gasteiger partial charge in [0.05, 0.1) is 11.6 Å². The van der Waals surface area contributed by atoms with Crippen molar-refractivity contribution in [3.63, 3.8) is 0 Å². The molecule has 1 amide bonds. The van der Waals surface area contributed by atoms with E-state index in [1.807, 2.05) is 27.7 Å². The first-order valence-corrected chi connectivity index (χ1v) is 8.55. The number of hydrogen-bond acceptors (Lipinski definition) is 5. The molecular formula is C19H27N3O4. The quantitative estimate of drug-likeness (QED) is 0.857.